The molecule has 4 heteroatoms. The molecule has 0 bridgehead atoms. The molecule has 1 atom stereocenters. The molecule has 1 N–H and O–H groups in total. The zero-order chi connectivity index (χ0) is 13.6. The fourth-order valence-corrected chi connectivity index (χ4v) is 1.77. The van der Waals surface area contributed by atoms with Gasteiger partial charge in [0.1, 0.15) is 0 Å². The molecule has 0 amide bonds. The van der Waals surface area contributed by atoms with Crippen LogP contribution in [0.5, 0.6) is 0 Å². The first-order valence-corrected chi connectivity index (χ1v) is 5.74. The maximum atomic E-state index is 12.5. The average molecular weight is 255 g/mol. The van der Waals surface area contributed by atoms with Gasteiger partial charge in [0.2, 0.25) is 0 Å². The number of likely N-dealkylation sites (N-methyl/N-ethyl adjacent to an activating group) is 1. The minimum Gasteiger partial charge on any atom is -0.317 e. The van der Waals surface area contributed by atoms with E-state index in [4.69, 9.17) is 6.42 Å². The maximum absolute atomic E-state index is 12.5. The molecule has 0 heterocycles. The lowest BCUT2D eigenvalue weighted by Crippen LogP contribution is -2.27. The van der Waals surface area contributed by atoms with Crippen LogP contribution in [-0.2, 0) is 12.6 Å². The Labute approximate surface area is 105 Å². The quantitative estimate of drug-likeness (QED) is 0.796. The molecule has 0 aliphatic rings. The summed E-state index contributed by atoms with van der Waals surface area (Å²) in [6.07, 6.45) is 2.80. The molecule has 1 aromatic rings. The molecular formula is C14H16F3N. The number of hydrogen-bond acceptors (Lipinski definition) is 1. The molecule has 0 saturated heterocycles. The first kappa shape index (κ1) is 14.6. The summed E-state index contributed by atoms with van der Waals surface area (Å²) in [5.41, 5.74) is 0.0630. The molecular weight excluding hydrogens is 239 g/mol. The minimum atomic E-state index is -4.29. The summed E-state index contributed by atoms with van der Waals surface area (Å²) in [6.45, 7) is 0. The van der Waals surface area contributed by atoms with Gasteiger partial charge in [-0.1, -0.05) is 18.2 Å². The van der Waals surface area contributed by atoms with Crippen molar-refractivity contribution >= 4 is 0 Å². The average Bonchev–Trinajstić information content (AvgIpc) is 2.33. The fraction of sp³-hybridized carbons (Fsp3) is 0.429. The summed E-state index contributed by atoms with van der Waals surface area (Å²) >= 11 is 0. The molecule has 18 heavy (non-hydrogen) atoms. The zero-order valence-electron chi connectivity index (χ0n) is 10.2. The highest BCUT2D eigenvalue weighted by Gasteiger charge is 2.30. The number of nitrogens with one attached hydrogen (secondary N) is 1. The third kappa shape index (κ3) is 4.42. The zero-order valence-corrected chi connectivity index (χ0v) is 10.2. The van der Waals surface area contributed by atoms with E-state index >= 15 is 0 Å². The number of alkyl halides is 3. The molecule has 0 radical (unpaired) electrons. The summed E-state index contributed by atoms with van der Waals surface area (Å²) in [5.74, 6) is 2.53. The summed E-state index contributed by atoms with van der Waals surface area (Å²) in [7, 11) is 1.79. The standard InChI is InChI=1S/C14H16F3N/c1-3-4-8-13(18-2)10-11-6-5-7-12(9-11)14(15,16)17/h1,5-7,9,13,18H,4,8,10H2,2H3. The molecule has 0 fully saturated rings. The summed E-state index contributed by atoms with van der Waals surface area (Å²) in [6, 6.07) is 5.52. The number of rotatable bonds is 5. The van der Waals surface area contributed by atoms with Crippen LogP contribution >= 0.6 is 0 Å². The fourth-order valence-electron chi connectivity index (χ4n) is 1.77. The van der Waals surface area contributed by atoms with Crippen LogP contribution < -0.4 is 5.32 Å². The predicted molar refractivity (Wildman–Crippen MR) is 66.1 cm³/mol. The van der Waals surface area contributed by atoms with Crippen molar-refractivity contribution < 1.29 is 13.2 Å². The van der Waals surface area contributed by atoms with Crippen molar-refractivity contribution in [2.24, 2.45) is 0 Å². The van der Waals surface area contributed by atoms with E-state index in [1.807, 2.05) is 0 Å². The molecule has 1 aromatic carbocycles. The SMILES string of the molecule is C#CCCC(Cc1cccc(C(F)(F)F)c1)NC. The van der Waals surface area contributed by atoms with Crippen LogP contribution in [0.25, 0.3) is 0 Å². The van der Waals surface area contributed by atoms with Gasteiger partial charge in [0.05, 0.1) is 5.56 Å². The minimum absolute atomic E-state index is 0.101. The third-order valence-electron chi connectivity index (χ3n) is 2.78. The van der Waals surface area contributed by atoms with Crippen LogP contribution in [0.4, 0.5) is 13.2 Å². The lowest BCUT2D eigenvalue weighted by Gasteiger charge is -2.16. The Morgan fingerprint density at radius 2 is 2.11 bits per heavy atom. The van der Waals surface area contributed by atoms with Gasteiger partial charge in [-0.3, -0.25) is 0 Å². The summed E-state index contributed by atoms with van der Waals surface area (Å²) in [5, 5.41) is 3.07. The Morgan fingerprint density at radius 1 is 1.39 bits per heavy atom. The highest BCUT2D eigenvalue weighted by Crippen LogP contribution is 2.29. The van der Waals surface area contributed by atoms with Gasteiger partial charge < -0.3 is 5.32 Å². The summed E-state index contributed by atoms with van der Waals surface area (Å²) in [4.78, 5) is 0. The van der Waals surface area contributed by atoms with Crippen molar-refractivity contribution in [3.05, 3.63) is 35.4 Å². The van der Waals surface area contributed by atoms with E-state index in [1.54, 1.807) is 13.1 Å². The van der Waals surface area contributed by atoms with E-state index in [2.05, 4.69) is 11.2 Å². The first-order valence-electron chi connectivity index (χ1n) is 5.74. The largest absolute Gasteiger partial charge is 0.416 e. The Balaban J connectivity index is 2.75. The smallest absolute Gasteiger partial charge is 0.317 e. The highest BCUT2D eigenvalue weighted by molar-refractivity contribution is 5.26. The van der Waals surface area contributed by atoms with E-state index in [9.17, 15) is 13.2 Å². The van der Waals surface area contributed by atoms with E-state index in [1.165, 1.54) is 12.1 Å². The lowest BCUT2D eigenvalue weighted by atomic mass is 10.0. The van der Waals surface area contributed by atoms with Crippen molar-refractivity contribution in [2.45, 2.75) is 31.5 Å². The van der Waals surface area contributed by atoms with E-state index in [0.29, 0.717) is 18.4 Å². The second-order valence-corrected chi connectivity index (χ2v) is 4.13. The number of terminal acetylenes is 1. The normalized spacial score (nSPS) is 13.1. The van der Waals surface area contributed by atoms with Crippen LogP contribution in [0.2, 0.25) is 0 Å². The van der Waals surface area contributed by atoms with Crippen LogP contribution in [0.15, 0.2) is 24.3 Å². The van der Waals surface area contributed by atoms with E-state index < -0.39 is 11.7 Å². The first-order chi connectivity index (χ1) is 8.47. The Bertz CT molecular complexity index is 418. The molecule has 0 saturated carbocycles. The Morgan fingerprint density at radius 3 is 2.67 bits per heavy atom. The van der Waals surface area contributed by atoms with Crippen molar-refractivity contribution in [1.29, 1.82) is 0 Å². The molecule has 98 valence electrons. The Hall–Kier alpha value is -1.47. The van der Waals surface area contributed by atoms with Crippen molar-refractivity contribution in [2.75, 3.05) is 7.05 Å². The molecule has 0 aliphatic heterocycles. The number of halogens is 3. The van der Waals surface area contributed by atoms with Gasteiger partial charge >= 0.3 is 6.18 Å². The Kier molecular flexibility index (Phi) is 5.24. The van der Waals surface area contributed by atoms with Crippen LogP contribution in [-0.4, -0.2) is 13.1 Å². The molecule has 0 spiro atoms. The molecule has 0 aromatic heterocycles. The second-order valence-electron chi connectivity index (χ2n) is 4.13. The molecule has 1 rings (SSSR count). The van der Waals surface area contributed by atoms with Crippen molar-refractivity contribution in [3.63, 3.8) is 0 Å². The second kappa shape index (κ2) is 6.46. The van der Waals surface area contributed by atoms with Crippen molar-refractivity contribution in [3.8, 4) is 12.3 Å². The highest BCUT2D eigenvalue weighted by atomic mass is 19.4. The van der Waals surface area contributed by atoms with Crippen molar-refractivity contribution in [1.82, 2.24) is 5.32 Å². The molecule has 1 unspecified atom stereocenters. The number of hydrogen-bond donors (Lipinski definition) is 1. The van der Waals surface area contributed by atoms with Gasteiger partial charge in [0.15, 0.2) is 0 Å². The van der Waals surface area contributed by atoms with Gasteiger partial charge in [-0.15, -0.1) is 12.3 Å². The van der Waals surface area contributed by atoms with E-state index in [0.717, 1.165) is 12.5 Å². The topological polar surface area (TPSA) is 12.0 Å². The third-order valence-corrected chi connectivity index (χ3v) is 2.78. The van der Waals surface area contributed by atoms with E-state index in [-0.39, 0.29) is 6.04 Å². The van der Waals surface area contributed by atoms with Gasteiger partial charge in [-0.25, -0.2) is 0 Å². The maximum Gasteiger partial charge on any atom is 0.416 e. The molecule has 1 nitrogen and oxygen atoms in total. The molecule has 0 aliphatic carbocycles. The van der Waals surface area contributed by atoms with Crippen LogP contribution in [0.1, 0.15) is 24.0 Å². The number of benzene rings is 1. The summed E-state index contributed by atoms with van der Waals surface area (Å²) < 4.78 is 37.6. The monoisotopic (exact) mass is 255 g/mol. The van der Waals surface area contributed by atoms with Gasteiger partial charge in [0.25, 0.3) is 0 Å². The lowest BCUT2D eigenvalue weighted by molar-refractivity contribution is -0.137. The van der Waals surface area contributed by atoms with Gasteiger partial charge in [0, 0.05) is 12.5 Å². The van der Waals surface area contributed by atoms with Gasteiger partial charge in [-0.05, 0) is 31.5 Å². The van der Waals surface area contributed by atoms with Crippen LogP contribution in [0, 0.1) is 12.3 Å². The predicted octanol–water partition coefficient (Wildman–Crippen LogP) is 3.25. The van der Waals surface area contributed by atoms with Crippen LogP contribution in [0.3, 0.4) is 0 Å². The van der Waals surface area contributed by atoms with Gasteiger partial charge in [-0.2, -0.15) is 13.2 Å².